The molecule has 0 unspecified atom stereocenters. The van der Waals surface area contributed by atoms with Crippen molar-refractivity contribution in [2.45, 2.75) is 175 Å². The highest BCUT2D eigenvalue weighted by Gasteiger charge is 2.44. The summed E-state index contributed by atoms with van der Waals surface area (Å²) in [4.78, 5) is 39.5. The molecular weight excluding hydrogens is 613 g/mol. The van der Waals surface area contributed by atoms with Gasteiger partial charge < -0.3 is 0 Å². The second-order valence-electron chi connectivity index (χ2n) is 13.3. The van der Waals surface area contributed by atoms with Gasteiger partial charge in [0.2, 0.25) is 0 Å². The Hall–Kier alpha value is -1.57. The fraction of sp³-hybridized carbons (Fsp3) is 0.711. The molecule has 0 saturated heterocycles. The molecule has 0 atom stereocenters. The van der Waals surface area contributed by atoms with E-state index in [4.69, 9.17) is 4.98 Å². The molecule has 0 saturated carbocycles. The molecule has 2 amide bonds. The van der Waals surface area contributed by atoms with Crippen LogP contribution in [0.2, 0.25) is 0 Å². The molecule has 3 aromatic heterocycles. The average molecular weight is 671 g/mol. The first-order valence-electron chi connectivity index (χ1n) is 18.3. The van der Waals surface area contributed by atoms with E-state index in [0.29, 0.717) is 11.1 Å². The molecule has 0 aromatic carbocycles. The maximum absolute atomic E-state index is 14.3. The minimum atomic E-state index is -0.0488. The molecule has 3 aromatic rings. The minimum Gasteiger partial charge on any atom is -0.271 e. The van der Waals surface area contributed by atoms with E-state index >= 15 is 0 Å². The highest BCUT2D eigenvalue weighted by Crippen LogP contribution is 2.49. The van der Waals surface area contributed by atoms with E-state index in [2.05, 4.69) is 27.7 Å². The lowest BCUT2D eigenvalue weighted by Crippen LogP contribution is -2.40. The van der Waals surface area contributed by atoms with Crippen LogP contribution in [-0.4, -0.2) is 27.7 Å². The van der Waals surface area contributed by atoms with Crippen LogP contribution >= 0.6 is 34.0 Å². The molecule has 250 valence electrons. The number of carbonyl (C=O) groups is 2. The van der Waals surface area contributed by atoms with Gasteiger partial charge in [0.05, 0.1) is 36.1 Å². The normalized spacial score (nSPS) is 13.3. The average Bonchev–Trinajstić information content (AvgIpc) is 3.75. The van der Waals surface area contributed by atoms with Crippen molar-refractivity contribution in [2.24, 2.45) is 0 Å². The largest absolute Gasteiger partial charge is 0.271 e. The molecule has 0 N–H and O–H groups in total. The van der Waals surface area contributed by atoms with Gasteiger partial charge in [-0.1, -0.05) is 130 Å². The van der Waals surface area contributed by atoms with Crippen LogP contribution in [0.3, 0.4) is 0 Å². The van der Waals surface area contributed by atoms with Crippen molar-refractivity contribution in [3.63, 3.8) is 0 Å². The quantitative estimate of drug-likeness (QED) is 0.0745. The van der Waals surface area contributed by atoms with Crippen molar-refractivity contribution in [1.82, 2.24) is 9.88 Å². The molecule has 0 spiro atoms. The Balaban J connectivity index is 1.52. The minimum absolute atomic E-state index is 0.00410. The zero-order valence-corrected chi connectivity index (χ0v) is 31.3. The molecule has 7 heteroatoms. The summed E-state index contributed by atoms with van der Waals surface area (Å²) in [6.07, 6.45) is 25.3. The van der Waals surface area contributed by atoms with E-state index in [1.165, 1.54) is 117 Å². The number of nitrogens with zero attached hydrogens (tertiary/aromatic N) is 2. The summed E-state index contributed by atoms with van der Waals surface area (Å²) in [5.74, 6) is -0.0955. The van der Waals surface area contributed by atoms with Gasteiger partial charge in [-0.15, -0.1) is 34.0 Å². The van der Waals surface area contributed by atoms with Gasteiger partial charge in [0.1, 0.15) is 0 Å². The summed E-state index contributed by atoms with van der Waals surface area (Å²) in [6.45, 7) is 11.0. The number of fused-ring (bicyclic) bond motifs is 2. The maximum Gasteiger partial charge on any atom is 0.263 e. The number of amides is 2. The number of thiazole rings is 1. The number of carbonyl (C=O) groups excluding carboxylic acids is 2. The molecule has 4 heterocycles. The number of hydrogen-bond acceptors (Lipinski definition) is 6. The Morgan fingerprint density at radius 2 is 1.07 bits per heavy atom. The molecule has 4 rings (SSSR count). The van der Waals surface area contributed by atoms with Crippen LogP contribution in [0.1, 0.15) is 185 Å². The molecule has 0 bridgehead atoms. The first kappa shape index (κ1) is 36.3. The van der Waals surface area contributed by atoms with E-state index < -0.39 is 0 Å². The van der Waals surface area contributed by atoms with Crippen LogP contribution in [0.4, 0.5) is 0 Å². The lowest BCUT2D eigenvalue weighted by molar-refractivity contribution is 0.0563. The number of imide groups is 1. The van der Waals surface area contributed by atoms with E-state index in [0.717, 1.165) is 52.3 Å². The van der Waals surface area contributed by atoms with Crippen molar-refractivity contribution in [1.29, 1.82) is 0 Å². The second-order valence-corrected chi connectivity index (χ2v) is 16.8. The van der Waals surface area contributed by atoms with E-state index in [-0.39, 0.29) is 17.9 Å². The van der Waals surface area contributed by atoms with Crippen LogP contribution in [0.5, 0.6) is 0 Å². The first-order chi connectivity index (χ1) is 21.9. The van der Waals surface area contributed by atoms with E-state index in [1.54, 1.807) is 38.9 Å². The van der Waals surface area contributed by atoms with Gasteiger partial charge in [-0.25, -0.2) is 4.98 Å². The summed E-state index contributed by atoms with van der Waals surface area (Å²) < 4.78 is 1.21. The Labute approximate surface area is 285 Å². The number of thiophene rings is 2. The van der Waals surface area contributed by atoms with Crippen LogP contribution in [0.25, 0.3) is 20.0 Å². The number of unbranched alkanes of at least 4 members (excludes halogenated alkanes) is 15. The number of aromatic nitrogens is 1. The summed E-state index contributed by atoms with van der Waals surface area (Å²) in [7, 11) is 0. The predicted molar refractivity (Wildman–Crippen MR) is 198 cm³/mol. The lowest BCUT2D eigenvalue weighted by Gasteiger charge is -2.27. The maximum atomic E-state index is 14.3. The molecule has 0 aliphatic carbocycles. The Morgan fingerprint density at radius 1 is 0.578 bits per heavy atom. The Bertz CT molecular complexity index is 1350. The van der Waals surface area contributed by atoms with Crippen LogP contribution in [0.15, 0.2) is 0 Å². The Morgan fingerprint density at radius 3 is 1.64 bits per heavy atom. The Kier molecular flexibility index (Phi) is 15.1. The highest BCUT2D eigenvalue weighted by molar-refractivity contribution is 7.29. The van der Waals surface area contributed by atoms with Gasteiger partial charge in [-0.3, -0.25) is 14.5 Å². The SMILES string of the molecule is CCCCCCCCc1nc2c(C)sc(-c3sc(C)c4c3C(=O)N(C(CCCCCCCC)CCCCCCCC)C4=O)c2s1. The van der Waals surface area contributed by atoms with Crippen molar-refractivity contribution in [3.05, 3.63) is 25.9 Å². The molecule has 4 nitrogen and oxygen atoms in total. The standard InChI is InChI=1S/C38H58N2O2S3/c1-6-9-12-15-18-21-24-29(25-22-19-16-13-10-7-2)40-37(41)31-27(4)43-34(32(31)38(40)42)36-35-33(28(5)44-36)39-30(45-35)26-23-20-17-14-11-8-3/h29H,6-26H2,1-5H3. The van der Waals surface area contributed by atoms with Gasteiger partial charge in [0.25, 0.3) is 11.8 Å². The second kappa shape index (κ2) is 18.7. The summed E-state index contributed by atoms with van der Waals surface area (Å²) in [5.41, 5.74) is 2.44. The van der Waals surface area contributed by atoms with Gasteiger partial charge in [0, 0.05) is 15.8 Å². The van der Waals surface area contributed by atoms with Gasteiger partial charge in [-0.05, 0) is 39.5 Å². The van der Waals surface area contributed by atoms with Crippen molar-refractivity contribution in [3.8, 4) is 9.75 Å². The van der Waals surface area contributed by atoms with E-state index in [1.807, 2.05) is 6.92 Å². The van der Waals surface area contributed by atoms with E-state index in [9.17, 15) is 9.59 Å². The van der Waals surface area contributed by atoms with Crippen molar-refractivity contribution >= 4 is 56.0 Å². The molecule has 0 radical (unpaired) electrons. The zero-order valence-electron chi connectivity index (χ0n) is 28.9. The molecule has 0 fully saturated rings. The molecular formula is C38H58N2O2S3. The number of hydrogen-bond donors (Lipinski definition) is 0. The zero-order chi connectivity index (χ0) is 32.2. The summed E-state index contributed by atoms with van der Waals surface area (Å²) >= 11 is 5.19. The lowest BCUT2D eigenvalue weighted by atomic mass is 9.98. The fourth-order valence-corrected chi connectivity index (χ4v) is 10.6. The fourth-order valence-electron chi connectivity index (χ4n) is 6.87. The molecule has 1 aliphatic rings. The van der Waals surface area contributed by atoms with Crippen LogP contribution in [0, 0.1) is 13.8 Å². The number of aryl methyl sites for hydroxylation is 3. The third kappa shape index (κ3) is 9.28. The predicted octanol–water partition coefficient (Wildman–Crippen LogP) is 13.1. The van der Waals surface area contributed by atoms with Crippen molar-refractivity contribution in [2.75, 3.05) is 0 Å². The van der Waals surface area contributed by atoms with Gasteiger partial charge in [0.15, 0.2) is 0 Å². The number of rotatable bonds is 23. The molecule has 45 heavy (non-hydrogen) atoms. The van der Waals surface area contributed by atoms with Gasteiger partial charge >= 0.3 is 0 Å². The van der Waals surface area contributed by atoms with Crippen LogP contribution < -0.4 is 0 Å². The van der Waals surface area contributed by atoms with Gasteiger partial charge in [-0.2, -0.15) is 0 Å². The summed E-state index contributed by atoms with van der Waals surface area (Å²) in [6, 6.07) is 0.00410. The smallest absolute Gasteiger partial charge is 0.263 e. The molecule has 1 aliphatic heterocycles. The summed E-state index contributed by atoms with van der Waals surface area (Å²) in [5, 5.41) is 1.21. The van der Waals surface area contributed by atoms with Crippen molar-refractivity contribution < 1.29 is 9.59 Å². The van der Waals surface area contributed by atoms with Crippen LogP contribution in [-0.2, 0) is 6.42 Å². The first-order valence-corrected chi connectivity index (χ1v) is 20.8. The highest BCUT2D eigenvalue weighted by atomic mass is 32.1. The topological polar surface area (TPSA) is 50.3 Å². The third-order valence-corrected chi connectivity index (χ3v) is 13.1. The monoisotopic (exact) mass is 670 g/mol. The third-order valence-electron chi connectivity index (χ3n) is 9.51.